The van der Waals surface area contributed by atoms with Crippen LogP contribution in [0.5, 0.6) is 0 Å². The Morgan fingerprint density at radius 2 is 1.97 bits per heavy atom. The average molecular weight is 459 g/mol. The van der Waals surface area contributed by atoms with Gasteiger partial charge in [-0.05, 0) is 68.9 Å². The fraction of sp³-hybridized carbons (Fsp3) is 0.259. The molecule has 0 spiro atoms. The molecule has 3 aromatic rings. The summed E-state index contributed by atoms with van der Waals surface area (Å²) in [4.78, 5) is 33.6. The van der Waals surface area contributed by atoms with E-state index in [1.165, 1.54) is 12.1 Å². The van der Waals surface area contributed by atoms with Gasteiger partial charge in [-0.15, -0.1) is 0 Å². The first-order chi connectivity index (χ1) is 16.3. The number of nitrogens with one attached hydrogen (secondary N) is 2. The molecule has 174 valence electrons. The second-order valence-electron chi connectivity index (χ2n) is 9.19. The molecule has 0 saturated carbocycles. The number of likely N-dealkylation sites (tertiary alicyclic amines) is 1. The molecule has 3 heterocycles. The molecule has 2 aliphatic rings. The van der Waals surface area contributed by atoms with Gasteiger partial charge in [0.2, 0.25) is 0 Å². The Bertz CT molecular complexity index is 1320. The highest BCUT2D eigenvalue weighted by molar-refractivity contribution is 6.36. The molecule has 1 saturated heterocycles. The Hall–Kier alpha value is -3.71. The maximum Gasteiger partial charge on any atom is 0.256 e. The predicted octanol–water partition coefficient (Wildman–Crippen LogP) is 4.40. The summed E-state index contributed by atoms with van der Waals surface area (Å²) in [5, 5.41) is 2.91. The number of aryl methyl sites for hydroxylation is 1. The Morgan fingerprint density at radius 1 is 1.18 bits per heavy atom. The van der Waals surface area contributed by atoms with Crippen LogP contribution in [0, 0.1) is 12.7 Å². The van der Waals surface area contributed by atoms with Crippen LogP contribution in [-0.2, 0) is 4.79 Å². The van der Waals surface area contributed by atoms with Gasteiger partial charge in [0.1, 0.15) is 5.82 Å². The predicted molar refractivity (Wildman–Crippen MR) is 132 cm³/mol. The van der Waals surface area contributed by atoms with Gasteiger partial charge in [-0.25, -0.2) is 4.39 Å². The van der Waals surface area contributed by atoms with E-state index in [2.05, 4.69) is 15.2 Å². The summed E-state index contributed by atoms with van der Waals surface area (Å²) in [6.07, 6.45) is 2.68. The van der Waals surface area contributed by atoms with Crippen molar-refractivity contribution in [3.63, 3.8) is 0 Å². The van der Waals surface area contributed by atoms with Gasteiger partial charge in [0.05, 0.1) is 16.8 Å². The average Bonchev–Trinajstić information content (AvgIpc) is 3.51. The van der Waals surface area contributed by atoms with Gasteiger partial charge in [-0.1, -0.05) is 24.3 Å². The molecule has 0 aliphatic carbocycles. The number of aromatic nitrogens is 1. The summed E-state index contributed by atoms with van der Waals surface area (Å²) in [7, 11) is 4.06. The maximum absolute atomic E-state index is 13.9. The van der Waals surface area contributed by atoms with Crippen LogP contribution in [-0.4, -0.2) is 59.8 Å². The summed E-state index contributed by atoms with van der Waals surface area (Å²) < 4.78 is 13.9. The number of carbonyl (C=O) groups excluding carboxylic acids is 2. The fourth-order valence-corrected chi connectivity index (χ4v) is 4.85. The molecule has 2 amide bonds. The molecule has 1 unspecified atom stereocenters. The minimum atomic E-state index is -0.340. The summed E-state index contributed by atoms with van der Waals surface area (Å²) in [5.41, 5.74) is 5.25. The van der Waals surface area contributed by atoms with Crippen LogP contribution >= 0.6 is 0 Å². The second kappa shape index (κ2) is 8.57. The zero-order valence-electron chi connectivity index (χ0n) is 19.5. The molecule has 34 heavy (non-hydrogen) atoms. The number of fused-ring (bicyclic) bond motifs is 1. The molecule has 2 aromatic carbocycles. The van der Waals surface area contributed by atoms with Crippen LogP contribution in [0.4, 0.5) is 10.1 Å². The maximum atomic E-state index is 13.9. The first-order valence-electron chi connectivity index (χ1n) is 11.4. The zero-order valence-corrected chi connectivity index (χ0v) is 19.5. The number of hydrogen-bond acceptors (Lipinski definition) is 3. The first kappa shape index (κ1) is 22.1. The third-order valence-electron chi connectivity index (χ3n) is 6.65. The van der Waals surface area contributed by atoms with E-state index in [0.29, 0.717) is 52.8 Å². The van der Waals surface area contributed by atoms with Crippen LogP contribution < -0.4 is 5.32 Å². The van der Waals surface area contributed by atoms with Crippen LogP contribution in [0.1, 0.15) is 33.7 Å². The number of benzene rings is 2. The van der Waals surface area contributed by atoms with Crippen molar-refractivity contribution in [1.29, 1.82) is 0 Å². The number of anilines is 1. The standard InChI is InChI=1S/C27H27FN4O2/c1-16-12-21(27(34)32-11-10-19(15-32)31(2)3)24(29-16)14-22-25-20(17-6-4-7-18(28)13-17)8-5-9-23(25)30-26(22)33/h4-9,12-14,19,29H,10-11,15H2,1-3H3,(H,30,33)/b22-14-. The van der Waals surface area contributed by atoms with E-state index in [9.17, 15) is 14.0 Å². The third kappa shape index (κ3) is 3.92. The van der Waals surface area contributed by atoms with Crippen LogP contribution in [0.2, 0.25) is 0 Å². The topological polar surface area (TPSA) is 68.4 Å². The van der Waals surface area contributed by atoms with Crippen molar-refractivity contribution in [3.8, 4) is 11.1 Å². The summed E-state index contributed by atoms with van der Waals surface area (Å²) in [5.74, 6) is -0.636. The van der Waals surface area contributed by atoms with Crippen molar-refractivity contribution >= 4 is 29.2 Å². The molecule has 1 aromatic heterocycles. The molecule has 2 N–H and O–H groups in total. The number of rotatable bonds is 4. The number of hydrogen-bond donors (Lipinski definition) is 2. The largest absolute Gasteiger partial charge is 0.358 e. The quantitative estimate of drug-likeness (QED) is 0.570. The normalized spacial score (nSPS) is 18.6. The smallest absolute Gasteiger partial charge is 0.256 e. The summed E-state index contributed by atoms with van der Waals surface area (Å²) in [6, 6.07) is 14.0. The molecule has 1 fully saturated rings. The van der Waals surface area contributed by atoms with Gasteiger partial charge < -0.3 is 20.1 Å². The second-order valence-corrected chi connectivity index (χ2v) is 9.19. The number of likely N-dealkylation sites (N-methyl/N-ethyl adjacent to an activating group) is 1. The highest BCUT2D eigenvalue weighted by atomic mass is 19.1. The Balaban J connectivity index is 1.56. The molecule has 1 atom stereocenters. The number of carbonyl (C=O) groups is 2. The molecule has 2 aliphatic heterocycles. The summed E-state index contributed by atoms with van der Waals surface area (Å²) >= 11 is 0. The fourth-order valence-electron chi connectivity index (χ4n) is 4.85. The van der Waals surface area contributed by atoms with E-state index in [1.807, 2.05) is 56.3 Å². The van der Waals surface area contributed by atoms with Crippen LogP contribution in [0.15, 0.2) is 48.5 Å². The molecular weight excluding hydrogens is 431 g/mol. The van der Waals surface area contributed by atoms with Crippen LogP contribution in [0.25, 0.3) is 22.8 Å². The van der Waals surface area contributed by atoms with Gasteiger partial charge in [0.25, 0.3) is 11.8 Å². The number of aromatic amines is 1. The van der Waals surface area contributed by atoms with E-state index in [1.54, 1.807) is 12.1 Å². The lowest BCUT2D eigenvalue weighted by Crippen LogP contribution is -2.34. The number of amides is 2. The van der Waals surface area contributed by atoms with E-state index >= 15 is 0 Å². The number of halogens is 1. The lowest BCUT2D eigenvalue weighted by atomic mass is 9.94. The summed E-state index contributed by atoms with van der Waals surface area (Å²) in [6.45, 7) is 3.28. The van der Waals surface area contributed by atoms with Gasteiger partial charge in [-0.2, -0.15) is 0 Å². The Labute approximate surface area is 198 Å². The van der Waals surface area contributed by atoms with E-state index < -0.39 is 0 Å². The lowest BCUT2D eigenvalue weighted by molar-refractivity contribution is -0.110. The number of H-pyrrole nitrogens is 1. The molecule has 7 heteroatoms. The van der Waals surface area contributed by atoms with Gasteiger partial charge >= 0.3 is 0 Å². The zero-order chi connectivity index (χ0) is 24.0. The highest BCUT2D eigenvalue weighted by Crippen LogP contribution is 2.40. The van der Waals surface area contributed by atoms with E-state index in [-0.39, 0.29) is 17.6 Å². The minimum absolute atomic E-state index is 0.0439. The highest BCUT2D eigenvalue weighted by Gasteiger charge is 2.31. The van der Waals surface area contributed by atoms with Crippen molar-refractivity contribution in [2.45, 2.75) is 19.4 Å². The van der Waals surface area contributed by atoms with Gasteiger partial charge in [-0.3, -0.25) is 9.59 Å². The third-order valence-corrected chi connectivity index (χ3v) is 6.65. The molecule has 5 rings (SSSR count). The molecule has 6 nitrogen and oxygen atoms in total. The number of nitrogens with zero attached hydrogens (tertiary/aromatic N) is 2. The monoisotopic (exact) mass is 458 g/mol. The van der Waals surface area contributed by atoms with Crippen molar-refractivity contribution in [1.82, 2.24) is 14.8 Å². The van der Waals surface area contributed by atoms with Gasteiger partial charge in [0.15, 0.2) is 0 Å². The SMILES string of the molecule is Cc1cc(C(=O)N2CCC(N(C)C)C2)c(/C=C2\C(=O)Nc3cccc(-c4cccc(F)c4)c32)[nH]1. The Morgan fingerprint density at radius 3 is 2.71 bits per heavy atom. The lowest BCUT2D eigenvalue weighted by Gasteiger charge is -2.20. The molecular formula is C27H27FN4O2. The van der Waals surface area contributed by atoms with Gasteiger partial charge in [0, 0.05) is 36.1 Å². The van der Waals surface area contributed by atoms with Crippen molar-refractivity contribution in [3.05, 3.63) is 76.9 Å². The van der Waals surface area contributed by atoms with E-state index in [0.717, 1.165) is 17.7 Å². The molecule has 0 bridgehead atoms. The van der Waals surface area contributed by atoms with Crippen molar-refractivity contribution in [2.75, 3.05) is 32.5 Å². The van der Waals surface area contributed by atoms with Crippen LogP contribution in [0.3, 0.4) is 0 Å². The minimum Gasteiger partial charge on any atom is -0.358 e. The first-order valence-corrected chi connectivity index (χ1v) is 11.4. The van der Waals surface area contributed by atoms with Crippen molar-refractivity contribution in [2.24, 2.45) is 0 Å². The molecule has 0 radical (unpaired) electrons. The van der Waals surface area contributed by atoms with Crippen molar-refractivity contribution < 1.29 is 14.0 Å². The Kier molecular flexibility index (Phi) is 5.57. The van der Waals surface area contributed by atoms with E-state index in [4.69, 9.17) is 0 Å².